The van der Waals surface area contributed by atoms with Crippen molar-refractivity contribution < 1.29 is 38.6 Å². The van der Waals surface area contributed by atoms with Gasteiger partial charge in [0.2, 0.25) is 0 Å². The molecule has 0 aliphatic carbocycles. The van der Waals surface area contributed by atoms with E-state index in [1.165, 1.54) is 60.9 Å². The Bertz CT molecular complexity index is 1610. The van der Waals surface area contributed by atoms with E-state index in [2.05, 4.69) is 0 Å². The number of carbonyl (C=O) groups excluding carboxylic acids is 1. The van der Waals surface area contributed by atoms with Crippen LogP contribution in [0.15, 0.2) is 82.2 Å². The molecule has 4 aromatic rings. The Morgan fingerprint density at radius 2 is 1.77 bits per heavy atom. The van der Waals surface area contributed by atoms with Crippen LogP contribution in [0.2, 0.25) is 0 Å². The number of nitrogens with zero attached hydrogens (tertiary/aromatic N) is 2. The summed E-state index contributed by atoms with van der Waals surface area (Å²) in [5.74, 6) is -1.58. The van der Waals surface area contributed by atoms with Gasteiger partial charge >= 0.3 is 11.9 Å². The fraction of sp³-hybridized carbons (Fsp3) is 0.148. The topological polar surface area (TPSA) is 159 Å². The number of fused-ring (bicyclic) bond motifs is 1. The second kappa shape index (κ2) is 10.8. The Hall–Kier alpha value is -4.91. The predicted molar refractivity (Wildman–Crippen MR) is 134 cm³/mol. The van der Waals surface area contributed by atoms with Gasteiger partial charge < -0.3 is 14.3 Å². The second-order valence-corrected chi connectivity index (χ2v) is 8.76. The van der Waals surface area contributed by atoms with Crippen LogP contribution in [0.4, 0.5) is 5.69 Å². The van der Waals surface area contributed by atoms with Crippen LogP contribution in [-0.2, 0) is 22.8 Å². The van der Waals surface area contributed by atoms with Crippen LogP contribution >= 0.6 is 0 Å². The third-order valence-electron chi connectivity index (χ3n) is 6.04. The Kier molecular flexibility index (Phi) is 7.14. The smallest absolute Gasteiger partial charge is 0.343 e. The standard InChI is InChI=1S/C27H20N2O10/c30-25-19(11-22-14-28(39-38-22)13-16-1-3-17(4-2-16)26(31)32)15-36-24-12-21(9-10-23(24)25)37-27(33)18-5-7-20(8-6-18)29(34)35/h1-10,12,15,22H,11,13-14H2,(H,31,32). The van der Waals surface area contributed by atoms with Gasteiger partial charge in [-0.15, -0.1) is 10.1 Å². The molecule has 12 heteroatoms. The lowest BCUT2D eigenvalue weighted by Gasteiger charge is -2.11. The number of carboxylic acids is 1. The minimum absolute atomic E-state index is 0.127. The van der Waals surface area contributed by atoms with E-state index in [0.717, 1.165) is 5.56 Å². The lowest BCUT2D eigenvalue weighted by molar-refractivity contribution is -0.385. The van der Waals surface area contributed by atoms with Gasteiger partial charge in [0.1, 0.15) is 17.4 Å². The number of esters is 1. The molecule has 1 fully saturated rings. The van der Waals surface area contributed by atoms with Crippen molar-refractivity contribution in [1.29, 1.82) is 0 Å². The molecular weight excluding hydrogens is 512 g/mol. The zero-order valence-corrected chi connectivity index (χ0v) is 20.1. The average Bonchev–Trinajstić information content (AvgIpc) is 3.37. The highest BCUT2D eigenvalue weighted by Crippen LogP contribution is 2.23. The van der Waals surface area contributed by atoms with Crippen molar-refractivity contribution in [2.75, 3.05) is 6.54 Å². The summed E-state index contributed by atoms with van der Waals surface area (Å²) in [5, 5.41) is 21.6. The number of benzene rings is 3. The van der Waals surface area contributed by atoms with Gasteiger partial charge in [-0.1, -0.05) is 12.1 Å². The van der Waals surface area contributed by atoms with E-state index in [9.17, 15) is 24.5 Å². The van der Waals surface area contributed by atoms with Gasteiger partial charge in [-0.3, -0.25) is 14.9 Å². The monoisotopic (exact) mass is 532 g/mol. The number of carbonyl (C=O) groups is 2. The summed E-state index contributed by atoms with van der Waals surface area (Å²) in [5.41, 5.74) is 1.32. The molecule has 0 radical (unpaired) electrons. The number of carboxylic acid groups (broad SMARTS) is 1. The summed E-state index contributed by atoms with van der Waals surface area (Å²) in [4.78, 5) is 57.2. The van der Waals surface area contributed by atoms with Crippen LogP contribution in [0.1, 0.15) is 31.8 Å². The number of hydrogen-bond donors (Lipinski definition) is 1. The number of nitro groups is 1. The summed E-state index contributed by atoms with van der Waals surface area (Å²) in [6.07, 6.45) is 1.11. The molecule has 1 aliphatic rings. The van der Waals surface area contributed by atoms with Crippen molar-refractivity contribution in [1.82, 2.24) is 5.06 Å². The van der Waals surface area contributed by atoms with E-state index >= 15 is 0 Å². The normalized spacial score (nSPS) is 15.3. The van der Waals surface area contributed by atoms with E-state index in [-0.39, 0.29) is 45.4 Å². The van der Waals surface area contributed by atoms with Crippen molar-refractivity contribution in [3.05, 3.63) is 116 Å². The Balaban J connectivity index is 1.22. The van der Waals surface area contributed by atoms with Crippen molar-refractivity contribution in [2.45, 2.75) is 19.1 Å². The minimum atomic E-state index is -1.00. The predicted octanol–water partition coefficient (Wildman–Crippen LogP) is 3.91. The zero-order chi connectivity index (χ0) is 27.5. The summed E-state index contributed by atoms with van der Waals surface area (Å²) < 4.78 is 11.0. The van der Waals surface area contributed by atoms with Crippen molar-refractivity contribution in [3.8, 4) is 5.75 Å². The molecule has 5 rings (SSSR count). The Morgan fingerprint density at radius 3 is 2.46 bits per heavy atom. The SMILES string of the molecule is O=C(O)c1ccc(CN2CC(Cc3coc4cc(OC(=O)c5ccc([N+](=O)[O-])cc5)ccc4c3=O)OO2)cc1. The highest BCUT2D eigenvalue weighted by Gasteiger charge is 2.27. The maximum absolute atomic E-state index is 13.0. The Morgan fingerprint density at radius 1 is 1.05 bits per heavy atom. The third-order valence-corrected chi connectivity index (χ3v) is 6.04. The number of hydroxylamine groups is 2. The van der Waals surface area contributed by atoms with Crippen LogP contribution in [0.3, 0.4) is 0 Å². The first-order chi connectivity index (χ1) is 18.8. The van der Waals surface area contributed by atoms with Crippen LogP contribution in [0.5, 0.6) is 5.75 Å². The quantitative estimate of drug-likeness (QED) is 0.115. The number of aromatic carboxylic acids is 1. The summed E-state index contributed by atoms with van der Waals surface area (Å²) >= 11 is 0. The van der Waals surface area contributed by atoms with E-state index in [1.54, 1.807) is 17.2 Å². The van der Waals surface area contributed by atoms with E-state index in [1.807, 2.05) is 0 Å². The summed E-state index contributed by atoms with van der Waals surface area (Å²) in [6, 6.07) is 15.7. The van der Waals surface area contributed by atoms with Gasteiger partial charge in [0.15, 0.2) is 5.43 Å². The first-order valence-electron chi connectivity index (χ1n) is 11.7. The maximum atomic E-state index is 13.0. The molecule has 1 atom stereocenters. The Labute approximate surface area is 219 Å². The molecule has 0 saturated carbocycles. The van der Waals surface area contributed by atoms with Crippen LogP contribution in [0.25, 0.3) is 11.0 Å². The number of rotatable bonds is 8. The number of ether oxygens (including phenoxy) is 1. The molecular formula is C27H20N2O10. The molecule has 198 valence electrons. The lowest BCUT2D eigenvalue weighted by Crippen LogP contribution is -2.24. The van der Waals surface area contributed by atoms with Gasteiger partial charge in [0.05, 0.1) is 40.8 Å². The lowest BCUT2D eigenvalue weighted by atomic mass is 10.1. The molecule has 0 bridgehead atoms. The molecule has 39 heavy (non-hydrogen) atoms. The van der Waals surface area contributed by atoms with Gasteiger partial charge in [0.25, 0.3) is 5.69 Å². The summed E-state index contributed by atoms with van der Waals surface area (Å²) in [7, 11) is 0. The van der Waals surface area contributed by atoms with Crippen LogP contribution in [-0.4, -0.2) is 39.7 Å². The van der Waals surface area contributed by atoms with Crippen LogP contribution in [0, 0.1) is 10.1 Å². The van der Waals surface area contributed by atoms with Gasteiger partial charge in [-0.05, 0) is 42.0 Å². The third kappa shape index (κ3) is 5.83. The van der Waals surface area contributed by atoms with E-state index in [0.29, 0.717) is 18.7 Å². The number of hydrogen-bond acceptors (Lipinski definition) is 10. The average molecular weight is 532 g/mol. The largest absolute Gasteiger partial charge is 0.478 e. The fourth-order valence-electron chi connectivity index (χ4n) is 4.04. The minimum Gasteiger partial charge on any atom is -0.478 e. The molecule has 2 heterocycles. The molecule has 1 saturated heterocycles. The zero-order valence-electron chi connectivity index (χ0n) is 20.1. The van der Waals surface area contributed by atoms with E-state index < -0.39 is 23.0 Å². The molecule has 1 N–H and O–H groups in total. The molecule has 0 amide bonds. The van der Waals surface area contributed by atoms with Gasteiger partial charge in [-0.2, -0.15) is 0 Å². The second-order valence-electron chi connectivity index (χ2n) is 8.76. The van der Waals surface area contributed by atoms with Gasteiger partial charge in [0, 0.05) is 30.2 Å². The van der Waals surface area contributed by atoms with Crippen LogP contribution < -0.4 is 10.2 Å². The molecule has 12 nitrogen and oxygen atoms in total. The highest BCUT2D eigenvalue weighted by atomic mass is 17.3. The van der Waals surface area contributed by atoms with Crippen molar-refractivity contribution >= 4 is 28.6 Å². The number of nitro benzene ring substituents is 1. The van der Waals surface area contributed by atoms with Crippen molar-refractivity contribution in [3.63, 3.8) is 0 Å². The first-order valence-corrected chi connectivity index (χ1v) is 11.7. The summed E-state index contributed by atoms with van der Waals surface area (Å²) in [6.45, 7) is 0.736. The molecule has 1 aliphatic heterocycles. The van der Waals surface area contributed by atoms with Gasteiger partial charge in [-0.25, -0.2) is 14.5 Å². The molecule has 1 unspecified atom stereocenters. The highest BCUT2D eigenvalue weighted by molar-refractivity contribution is 5.92. The fourth-order valence-corrected chi connectivity index (χ4v) is 4.04. The first kappa shape index (κ1) is 25.7. The van der Waals surface area contributed by atoms with Crippen molar-refractivity contribution in [2.24, 2.45) is 0 Å². The number of non-ortho nitro benzene ring substituents is 1. The maximum Gasteiger partial charge on any atom is 0.343 e. The molecule has 3 aromatic carbocycles. The molecule has 1 aromatic heterocycles. The molecule has 0 spiro atoms. The van der Waals surface area contributed by atoms with E-state index in [4.69, 9.17) is 24.1 Å².